The average molecular weight is 737 g/mol. The van der Waals surface area contributed by atoms with Crippen molar-refractivity contribution in [1.82, 2.24) is 19.6 Å². The van der Waals surface area contributed by atoms with Gasteiger partial charge in [0.1, 0.15) is 22.8 Å². The number of nitrogens with zero attached hydrogens (tertiary/aromatic N) is 6. The van der Waals surface area contributed by atoms with Gasteiger partial charge in [0.2, 0.25) is 11.8 Å². The van der Waals surface area contributed by atoms with Crippen molar-refractivity contribution in [3.63, 3.8) is 0 Å². The van der Waals surface area contributed by atoms with Gasteiger partial charge in [-0.05, 0) is 48.5 Å². The Morgan fingerprint density at radius 1 is 0.607 bits per heavy atom. The van der Waals surface area contributed by atoms with Crippen LogP contribution in [-0.2, 0) is 0 Å². The minimum Gasteiger partial charge on any atom is -0.420 e. The van der Waals surface area contributed by atoms with Crippen molar-refractivity contribution in [3.05, 3.63) is 181 Å². The Hall–Kier alpha value is -7.76. The van der Waals surface area contributed by atoms with Crippen LogP contribution in [0.25, 0.3) is 33.9 Å². The van der Waals surface area contributed by atoms with Gasteiger partial charge in [0, 0.05) is 23.6 Å². The molecule has 3 heterocycles. The highest BCUT2D eigenvalue weighted by atomic mass is 17.1. The van der Waals surface area contributed by atoms with Gasteiger partial charge in [0.15, 0.2) is 11.5 Å². The first-order valence-corrected chi connectivity index (χ1v) is 17.8. The second-order valence-corrected chi connectivity index (χ2v) is 12.5. The van der Waals surface area contributed by atoms with Gasteiger partial charge < -0.3 is 19.1 Å². The summed E-state index contributed by atoms with van der Waals surface area (Å²) in [6, 6.07) is 53.2. The molecule has 1 aliphatic heterocycles. The molecule has 11 nitrogen and oxygen atoms in total. The lowest BCUT2D eigenvalue weighted by Crippen LogP contribution is -2.32. The van der Waals surface area contributed by atoms with E-state index in [1.54, 1.807) is 46.1 Å². The molecule has 0 saturated heterocycles. The first-order chi connectivity index (χ1) is 27.7. The Morgan fingerprint density at radius 3 is 1.88 bits per heavy atom. The molecule has 11 heteroatoms. The van der Waals surface area contributed by atoms with Crippen LogP contribution in [-0.4, -0.2) is 43.7 Å². The van der Waals surface area contributed by atoms with E-state index in [9.17, 15) is 5.26 Å². The van der Waals surface area contributed by atoms with Gasteiger partial charge in [0.25, 0.3) is 0 Å². The maximum absolute atomic E-state index is 9.62. The van der Waals surface area contributed by atoms with Crippen LogP contribution in [0.1, 0.15) is 11.1 Å². The Morgan fingerprint density at radius 2 is 1.18 bits per heavy atom. The molecule has 0 aliphatic carbocycles. The molecule has 0 fully saturated rings. The molecular formula is C45H32N6O5. The summed E-state index contributed by atoms with van der Waals surface area (Å²) in [5.41, 5.74) is 6.47. The summed E-state index contributed by atoms with van der Waals surface area (Å²) in [7, 11) is 0. The highest BCUT2D eigenvalue weighted by Crippen LogP contribution is 2.39. The lowest BCUT2D eigenvalue weighted by atomic mass is 10.1. The van der Waals surface area contributed by atoms with Gasteiger partial charge in [-0.15, -0.1) is 0 Å². The highest BCUT2D eigenvalue weighted by molar-refractivity contribution is 5.95. The van der Waals surface area contributed by atoms with E-state index in [1.165, 1.54) is 0 Å². The zero-order chi connectivity index (χ0) is 37.7. The van der Waals surface area contributed by atoms with Crippen LogP contribution in [0.4, 0.5) is 11.4 Å². The minimum absolute atomic E-state index is 0.179. The van der Waals surface area contributed by atoms with Crippen molar-refractivity contribution < 1.29 is 24.4 Å². The molecule has 1 unspecified atom stereocenters. The summed E-state index contributed by atoms with van der Waals surface area (Å²) in [6.07, 6.45) is 3.37. The SMILES string of the molecule is OOc1ccccc1N=Cc1c(-c2ccccc2)nn(-c2ccccc2)c1OC1Oc2ccccc2N=Cc2c(-c3ccccc3)nn(-c3ccccc3)c2O1. The Labute approximate surface area is 321 Å². The Kier molecular flexibility index (Phi) is 9.30. The van der Waals surface area contributed by atoms with E-state index < -0.39 is 6.48 Å². The number of aromatic nitrogens is 4. The summed E-state index contributed by atoms with van der Waals surface area (Å²) < 4.78 is 23.8. The van der Waals surface area contributed by atoms with Gasteiger partial charge in [0.05, 0.1) is 22.5 Å². The predicted molar refractivity (Wildman–Crippen MR) is 214 cm³/mol. The van der Waals surface area contributed by atoms with Crippen molar-refractivity contribution in [2.24, 2.45) is 9.98 Å². The highest BCUT2D eigenvalue weighted by Gasteiger charge is 2.31. The number of hydrogen-bond acceptors (Lipinski definition) is 9. The lowest BCUT2D eigenvalue weighted by Gasteiger charge is -2.22. The Balaban J connectivity index is 1.25. The second kappa shape index (κ2) is 15.3. The van der Waals surface area contributed by atoms with E-state index >= 15 is 0 Å². The van der Waals surface area contributed by atoms with E-state index in [0.29, 0.717) is 51.2 Å². The molecule has 0 bridgehead atoms. The molecule has 6 aromatic carbocycles. The van der Waals surface area contributed by atoms with Gasteiger partial charge in [-0.3, -0.25) is 9.98 Å². The zero-order valence-corrected chi connectivity index (χ0v) is 29.7. The number of hydrogen-bond donors (Lipinski definition) is 1. The molecule has 56 heavy (non-hydrogen) atoms. The van der Waals surface area contributed by atoms with Crippen LogP contribution < -0.4 is 19.1 Å². The summed E-state index contributed by atoms with van der Waals surface area (Å²) in [6.45, 7) is -1.41. The second-order valence-electron chi connectivity index (χ2n) is 12.5. The monoisotopic (exact) mass is 736 g/mol. The van der Waals surface area contributed by atoms with Crippen molar-refractivity contribution >= 4 is 23.8 Å². The fraction of sp³-hybridized carbons (Fsp3) is 0.0222. The maximum Gasteiger partial charge on any atom is 0.409 e. The molecule has 9 rings (SSSR count). The molecule has 0 radical (unpaired) electrons. The third kappa shape index (κ3) is 6.77. The van der Waals surface area contributed by atoms with Crippen LogP contribution in [0.2, 0.25) is 0 Å². The number of fused-ring (bicyclic) bond motifs is 2. The van der Waals surface area contributed by atoms with E-state index in [2.05, 4.69) is 4.89 Å². The molecule has 0 spiro atoms. The van der Waals surface area contributed by atoms with Gasteiger partial charge in [-0.1, -0.05) is 121 Å². The van der Waals surface area contributed by atoms with Crippen LogP contribution in [0, 0.1) is 0 Å². The lowest BCUT2D eigenvalue weighted by molar-refractivity contribution is -0.145. The third-order valence-corrected chi connectivity index (χ3v) is 8.99. The molecule has 272 valence electrons. The van der Waals surface area contributed by atoms with E-state index in [-0.39, 0.29) is 11.6 Å². The summed E-state index contributed by atoms with van der Waals surface area (Å²) in [5.74, 6) is 1.21. The van der Waals surface area contributed by atoms with Gasteiger partial charge >= 0.3 is 6.48 Å². The molecule has 0 amide bonds. The normalized spacial score (nSPS) is 13.4. The average Bonchev–Trinajstić information content (AvgIpc) is 3.83. The Bertz CT molecular complexity index is 2660. The topological polar surface area (TPSA) is 118 Å². The molecule has 8 aromatic rings. The first kappa shape index (κ1) is 34.0. The van der Waals surface area contributed by atoms with Gasteiger partial charge in [-0.25, -0.2) is 5.26 Å². The number of ether oxygens (including phenoxy) is 3. The van der Waals surface area contributed by atoms with Crippen LogP contribution >= 0.6 is 0 Å². The largest absolute Gasteiger partial charge is 0.420 e. The summed E-state index contributed by atoms with van der Waals surface area (Å²) >= 11 is 0. The van der Waals surface area contributed by atoms with Gasteiger partial charge in [-0.2, -0.15) is 19.6 Å². The number of aliphatic imine (C=N–C) groups is 2. The molecular weight excluding hydrogens is 705 g/mol. The molecule has 2 aromatic heterocycles. The van der Waals surface area contributed by atoms with E-state index in [4.69, 9.17) is 34.4 Å². The van der Waals surface area contributed by atoms with Crippen LogP contribution in [0.15, 0.2) is 180 Å². The molecule has 1 N–H and O–H groups in total. The fourth-order valence-corrected chi connectivity index (χ4v) is 6.33. The number of para-hydroxylation sites is 6. The molecule has 1 aliphatic rings. The molecule has 1 atom stereocenters. The number of benzene rings is 6. The molecule has 0 saturated carbocycles. The van der Waals surface area contributed by atoms with E-state index in [1.807, 2.05) is 146 Å². The number of rotatable bonds is 9. The standard InChI is InChI=1S/C45H32N6O5/c52-56-40-28-16-14-26-38(40)47-30-36-42(32-19-7-2-8-20-32)49-51(34-23-11-4-12-24-34)44(36)55-45-53-39-27-15-13-25-37(39)46-29-35-41(31-17-5-1-6-18-31)48-50(43(35)54-45)33-21-9-3-10-22-33/h1-30,45,52H. The minimum atomic E-state index is -1.41. The van der Waals surface area contributed by atoms with Crippen molar-refractivity contribution in [2.75, 3.05) is 0 Å². The predicted octanol–water partition coefficient (Wildman–Crippen LogP) is 9.88. The smallest absolute Gasteiger partial charge is 0.409 e. The van der Waals surface area contributed by atoms with E-state index in [0.717, 1.165) is 16.8 Å². The first-order valence-electron chi connectivity index (χ1n) is 17.8. The van der Waals surface area contributed by atoms with Crippen molar-refractivity contribution in [1.29, 1.82) is 0 Å². The van der Waals surface area contributed by atoms with Crippen LogP contribution in [0.5, 0.6) is 23.3 Å². The maximum atomic E-state index is 9.62. The summed E-state index contributed by atoms with van der Waals surface area (Å²) in [4.78, 5) is 14.3. The fourth-order valence-electron chi connectivity index (χ4n) is 6.33. The third-order valence-electron chi connectivity index (χ3n) is 8.99. The zero-order valence-electron chi connectivity index (χ0n) is 29.7. The van der Waals surface area contributed by atoms with Crippen molar-refractivity contribution in [3.8, 4) is 57.1 Å². The van der Waals surface area contributed by atoms with Crippen LogP contribution in [0.3, 0.4) is 0 Å². The van der Waals surface area contributed by atoms with Crippen molar-refractivity contribution in [2.45, 2.75) is 6.48 Å². The summed E-state index contributed by atoms with van der Waals surface area (Å²) in [5, 5.41) is 19.8. The quantitative estimate of drug-likeness (QED) is 0.0891.